The maximum atomic E-state index is 12.1. The van der Waals surface area contributed by atoms with Gasteiger partial charge in [-0.15, -0.1) is 5.10 Å². The van der Waals surface area contributed by atoms with Crippen molar-refractivity contribution in [1.29, 1.82) is 0 Å². The Morgan fingerprint density at radius 1 is 1.16 bits per heavy atom. The molecule has 0 unspecified atom stereocenters. The smallest absolute Gasteiger partial charge is 0.337 e. The molecule has 2 heterocycles. The molecular weight excluding hydrogens is 346 g/mol. The molecule has 2 aromatic heterocycles. The van der Waals surface area contributed by atoms with E-state index in [2.05, 4.69) is 30.3 Å². The van der Waals surface area contributed by atoms with Gasteiger partial charge in [-0.25, -0.2) is 23.3 Å². The fourth-order valence-corrected chi connectivity index (χ4v) is 3.19. The number of H-pyrrole nitrogens is 1. The molecule has 0 bridgehead atoms. The number of hydrogen-bond acceptors (Lipinski definition) is 8. The Morgan fingerprint density at radius 3 is 2.44 bits per heavy atom. The molecule has 0 amide bonds. The number of aromatic amines is 1. The molecule has 0 saturated carbocycles. The van der Waals surface area contributed by atoms with Crippen LogP contribution in [0.1, 0.15) is 10.4 Å². The van der Waals surface area contributed by atoms with Crippen LogP contribution in [-0.4, -0.2) is 53.4 Å². The molecule has 0 aliphatic carbocycles. The van der Waals surface area contributed by atoms with Crippen molar-refractivity contribution in [2.45, 2.75) is 5.03 Å². The van der Waals surface area contributed by atoms with Gasteiger partial charge in [-0.1, -0.05) is 12.1 Å². The first-order valence-corrected chi connectivity index (χ1v) is 8.93. The van der Waals surface area contributed by atoms with Crippen molar-refractivity contribution >= 4 is 15.8 Å². The zero-order valence-corrected chi connectivity index (χ0v) is 14.1. The number of ether oxygens (including phenoxy) is 1. The topological polar surface area (TPSA) is 128 Å². The lowest BCUT2D eigenvalue weighted by atomic mass is 10.00. The monoisotopic (exact) mass is 359 g/mol. The Hall–Kier alpha value is -3.14. The molecule has 1 aromatic carbocycles. The molecule has 10 heteroatoms. The summed E-state index contributed by atoms with van der Waals surface area (Å²) >= 11 is 0. The van der Waals surface area contributed by atoms with Crippen LogP contribution < -0.4 is 0 Å². The second-order valence-electron chi connectivity index (χ2n) is 5.13. The highest BCUT2D eigenvalue weighted by molar-refractivity contribution is 7.90. The molecule has 0 saturated heterocycles. The van der Waals surface area contributed by atoms with E-state index in [0.717, 1.165) is 6.26 Å². The Balaban J connectivity index is 2.22. The zero-order valence-electron chi connectivity index (χ0n) is 13.3. The van der Waals surface area contributed by atoms with Gasteiger partial charge in [0.05, 0.1) is 18.2 Å². The molecule has 0 spiro atoms. The third-order valence-electron chi connectivity index (χ3n) is 3.47. The van der Waals surface area contributed by atoms with E-state index in [1.54, 1.807) is 30.3 Å². The van der Waals surface area contributed by atoms with Gasteiger partial charge < -0.3 is 4.74 Å². The number of esters is 1. The van der Waals surface area contributed by atoms with Gasteiger partial charge in [0.25, 0.3) is 0 Å². The number of nitrogens with zero attached hydrogens (tertiary/aromatic N) is 4. The average Bonchev–Trinajstić information content (AvgIpc) is 3.14. The van der Waals surface area contributed by atoms with E-state index >= 15 is 0 Å². The minimum absolute atomic E-state index is 0.138. The van der Waals surface area contributed by atoms with Crippen molar-refractivity contribution in [3.8, 4) is 22.5 Å². The van der Waals surface area contributed by atoms with Crippen LogP contribution in [0.15, 0.2) is 41.6 Å². The summed E-state index contributed by atoms with van der Waals surface area (Å²) in [5.74, 6) is -0.279. The van der Waals surface area contributed by atoms with Crippen molar-refractivity contribution in [3.63, 3.8) is 0 Å². The highest BCUT2D eigenvalue weighted by Crippen LogP contribution is 2.33. The number of aromatic nitrogens is 5. The number of carbonyl (C=O) groups is 1. The Bertz CT molecular complexity index is 1010. The lowest BCUT2D eigenvalue weighted by Crippen LogP contribution is -2.05. The van der Waals surface area contributed by atoms with E-state index in [9.17, 15) is 13.2 Å². The maximum Gasteiger partial charge on any atom is 0.337 e. The number of hydrogen-bond donors (Lipinski definition) is 1. The lowest BCUT2D eigenvalue weighted by molar-refractivity contribution is 0.0600. The average molecular weight is 359 g/mol. The molecule has 0 aliphatic rings. The van der Waals surface area contributed by atoms with Crippen molar-refractivity contribution in [2.24, 2.45) is 0 Å². The number of rotatable bonds is 4. The Kier molecular flexibility index (Phi) is 4.28. The summed E-state index contributed by atoms with van der Waals surface area (Å²) in [6.07, 6.45) is 2.46. The van der Waals surface area contributed by atoms with Gasteiger partial charge in [0.15, 0.2) is 20.7 Å². The molecule has 3 rings (SSSR count). The number of pyridine rings is 1. The minimum Gasteiger partial charge on any atom is -0.465 e. The van der Waals surface area contributed by atoms with Crippen molar-refractivity contribution < 1.29 is 17.9 Å². The highest BCUT2D eigenvalue weighted by atomic mass is 32.2. The predicted molar refractivity (Wildman–Crippen MR) is 87.3 cm³/mol. The first kappa shape index (κ1) is 16.7. The van der Waals surface area contributed by atoms with E-state index in [1.165, 1.54) is 13.3 Å². The number of nitrogens with one attached hydrogen (secondary N) is 1. The van der Waals surface area contributed by atoms with Crippen molar-refractivity contribution in [3.05, 3.63) is 42.1 Å². The summed E-state index contributed by atoms with van der Waals surface area (Å²) in [5.41, 5.74) is 1.88. The van der Waals surface area contributed by atoms with Crippen LogP contribution in [0.4, 0.5) is 0 Å². The van der Waals surface area contributed by atoms with Gasteiger partial charge in [-0.2, -0.15) is 0 Å². The van der Waals surface area contributed by atoms with Gasteiger partial charge in [0.1, 0.15) is 0 Å². The van der Waals surface area contributed by atoms with Crippen LogP contribution in [0.3, 0.4) is 0 Å². The summed E-state index contributed by atoms with van der Waals surface area (Å²) < 4.78 is 28.9. The largest absolute Gasteiger partial charge is 0.465 e. The standard InChI is InChI=1S/C15H13N5O4S/c1-24-15(21)10-5-3-9(4-6-10)11-7-8-16-14(25(2,22)23)12(11)13-17-19-20-18-13/h3-8H,1-2H3,(H,17,18,19,20). The summed E-state index contributed by atoms with van der Waals surface area (Å²) in [7, 11) is -2.32. The van der Waals surface area contributed by atoms with E-state index in [-0.39, 0.29) is 16.4 Å². The highest BCUT2D eigenvalue weighted by Gasteiger charge is 2.23. The number of carbonyl (C=O) groups excluding carboxylic acids is 1. The molecule has 0 radical (unpaired) electrons. The first-order valence-electron chi connectivity index (χ1n) is 7.03. The van der Waals surface area contributed by atoms with Crippen LogP contribution in [-0.2, 0) is 14.6 Å². The van der Waals surface area contributed by atoms with Gasteiger partial charge in [-0.3, -0.25) is 0 Å². The van der Waals surface area contributed by atoms with Crippen molar-refractivity contribution in [2.75, 3.05) is 13.4 Å². The third-order valence-corrected chi connectivity index (χ3v) is 4.48. The van der Waals surface area contributed by atoms with Crippen LogP contribution in [0, 0.1) is 0 Å². The molecule has 0 atom stereocenters. The van der Waals surface area contributed by atoms with Gasteiger partial charge >= 0.3 is 5.97 Å². The molecular formula is C15H13N5O4S. The molecule has 0 fully saturated rings. The SMILES string of the molecule is COC(=O)c1ccc(-c2ccnc(S(C)(=O)=O)c2-c2nnn[nH]2)cc1. The van der Waals surface area contributed by atoms with Crippen LogP contribution >= 0.6 is 0 Å². The Morgan fingerprint density at radius 2 is 1.88 bits per heavy atom. The Labute approximate surface area is 143 Å². The number of tetrazole rings is 1. The fourth-order valence-electron chi connectivity index (χ4n) is 2.36. The quantitative estimate of drug-likeness (QED) is 0.686. The molecule has 25 heavy (non-hydrogen) atoms. The van der Waals surface area contributed by atoms with Gasteiger partial charge in [0, 0.05) is 12.5 Å². The number of benzene rings is 1. The van der Waals surface area contributed by atoms with Crippen LogP contribution in [0.2, 0.25) is 0 Å². The summed E-state index contributed by atoms with van der Waals surface area (Å²) in [6.45, 7) is 0. The second-order valence-corrected chi connectivity index (χ2v) is 7.06. The third kappa shape index (κ3) is 3.24. The van der Waals surface area contributed by atoms with Gasteiger partial charge in [0.2, 0.25) is 0 Å². The molecule has 128 valence electrons. The number of methoxy groups -OCH3 is 1. The van der Waals surface area contributed by atoms with Crippen LogP contribution in [0.25, 0.3) is 22.5 Å². The summed E-state index contributed by atoms with van der Waals surface area (Å²) in [6, 6.07) is 8.19. The van der Waals surface area contributed by atoms with Gasteiger partial charge in [-0.05, 0) is 39.8 Å². The number of sulfone groups is 1. The lowest BCUT2D eigenvalue weighted by Gasteiger charge is -2.11. The zero-order chi connectivity index (χ0) is 18.0. The minimum atomic E-state index is -3.62. The second kappa shape index (κ2) is 6.40. The fraction of sp³-hybridized carbons (Fsp3) is 0.133. The predicted octanol–water partition coefficient (Wildman–Crippen LogP) is 1.12. The van der Waals surface area contributed by atoms with E-state index in [0.29, 0.717) is 16.7 Å². The molecule has 3 aromatic rings. The molecule has 9 nitrogen and oxygen atoms in total. The molecule has 1 N–H and O–H groups in total. The van der Waals surface area contributed by atoms with Crippen LogP contribution in [0.5, 0.6) is 0 Å². The van der Waals surface area contributed by atoms with E-state index < -0.39 is 15.8 Å². The normalized spacial score (nSPS) is 11.3. The summed E-state index contributed by atoms with van der Waals surface area (Å²) in [4.78, 5) is 15.5. The van der Waals surface area contributed by atoms with Crippen molar-refractivity contribution in [1.82, 2.24) is 25.6 Å². The maximum absolute atomic E-state index is 12.1. The summed E-state index contributed by atoms with van der Waals surface area (Å²) in [5, 5.41) is 13.2. The molecule has 0 aliphatic heterocycles. The first-order chi connectivity index (χ1) is 11.9. The van der Waals surface area contributed by atoms with E-state index in [4.69, 9.17) is 0 Å². The van der Waals surface area contributed by atoms with E-state index in [1.807, 2.05) is 0 Å².